The molecule has 0 spiro atoms. The van der Waals surface area contributed by atoms with Gasteiger partial charge in [0.1, 0.15) is 5.82 Å². The summed E-state index contributed by atoms with van der Waals surface area (Å²) in [5.74, 6) is -0.349. The highest BCUT2D eigenvalue weighted by Gasteiger charge is 2.19. The normalized spacial score (nSPS) is 11.9. The van der Waals surface area contributed by atoms with Crippen LogP contribution in [0, 0.1) is 5.82 Å². The standard InChI is InChI=1S/C15H13FN2O2S/c1-21(19,20)15-17-13-7-2-3-8-14(13)18(15)10-11-5-4-6-12(16)9-11/h2-9H,10H2,1H3. The molecule has 3 rings (SSSR count). The van der Waals surface area contributed by atoms with Crippen LogP contribution in [0.25, 0.3) is 11.0 Å². The molecule has 21 heavy (non-hydrogen) atoms. The number of rotatable bonds is 3. The Balaban J connectivity index is 2.20. The number of imidazole rings is 1. The average molecular weight is 304 g/mol. The number of para-hydroxylation sites is 2. The van der Waals surface area contributed by atoms with Crippen LogP contribution in [0.15, 0.2) is 53.7 Å². The van der Waals surface area contributed by atoms with E-state index in [2.05, 4.69) is 4.98 Å². The second kappa shape index (κ2) is 4.96. The van der Waals surface area contributed by atoms with Crippen molar-refractivity contribution in [2.24, 2.45) is 0 Å². The number of halogens is 1. The summed E-state index contributed by atoms with van der Waals surface area (Å²) in [5.41, 5.74) is 2.00. The number of fused-ring (bicyclic) bond motifs is 1. The van der Waals surface area contributed by atoms with E-state index in [4.69, 9.17) is 0 Å². The predicted octanol–water partition coefficient (Wildman–Crippen LogP) is 2.63. The van der Waals surface area contributed by atoms with Gasteiger partial charge in [-0.05, 0) is 29.8 Å². The quantitative estimate of drug-likeness (QED) is 0.747. The van der Waals surface area contributed by atoms with Gasteiger partial charge in [-0.25, -0.2) is 17.8 Å². The molecule has 0 unspecified atom stereocenters. The maximum Gasteiger partial charge on any atom is 0.228 e. The van der Waals surface area contributed by atoms with Crippen LogP contribution in [0.3, 0.4) is 0 Å². The lowest BCUT2D eigenvalue weighted by molar-refractivity contribution is 0.580. The second-order valence-corrected chi connectivity index (χ2v) is 6.78. The third kappa shape index (κ3) is 2.67. The first-order valence-electron chi connectivity index (χ1n) is 6.35. The van der Waals surface area contributed by atoms with E-state index in [0.717, 1.165) is 6.26 Å². The number of nitrogens with zero attached hydrogens (tertiary/aromatic N) is 2. The van der Waals surface area contributed by atoms with Crippen LogP contribution in [-0.4, -0.2) is 24.2 Å². The first-order chi connectivity index (χ1) is 9.95. The Kier molecular flexibility index (Phi) is 3.25. The van der Waals surface area contributed by atoms with E-state index in [0.29, 0.717) is 16.6 Å². The highest BCUT2D eigenvalue weighted by molar-refractivity contribution is 7.90. The van der Waals surface area contributed by atoms with Crippen LogP contribution in [0.1, 0.15) is 5.56 Å². The number of hydrogen-bond donors (Lipinski definition) is 0. The second-order valence-electron chi connectivity index (χ2n) is 4.87. The molecule has 0 radical (unpaired) electrons. The van der Waals surface area contributed by atoms with E-state index >= 15 is 0 Å². The van der Waals surface area contributed by atoms with Crippen molar-refractivity contribution >= 4 is 20.9 Å². The predicted molar refractivity (Wildman–Crippen MR) is 78.3 cm³/mol. The zero-order valence-electron chi connectivity index (χ0n) is 11.3. The van der Waals surface area contributed by atoms with Crippen molar-refractivity contribution in [1.82, 2.24) is 9.55 Å². The van der Waals surface area contributed by atoms with Gasteiger partial charge in [-0.3, -0.25) is 0 Å². The van der Waals surface area contributed by atoms with Gasteiger partial charge < -0.3 is 4.57 Å². The van der Waals surface area contributed by atoms with Gasteiger partial charge >= 0.3 is 0 Å². The maximum atomic E-state index is 13.3. The fourth-order valence-electron chi connectivity index (χ4n) is 2.31. The first-order valence-corrected chi connectivity index (χ1v) is 8.24. The molecule has 0 fully saturated rings. The molecule has 6 heteroatoms. The molecule has 3 aromatic rings. The van der Waals surface area contributed by atoms with Gasteiger partial charge in [-0.2, -0.15) is 0 Å². The van der Waals surface area contributed by atoms with Crippen LogP contribution in [0.5, 0.6) is 0 Å². The van der Waals surface area contributed by atoms with Crippen LogP contribution >= 0.6 is 0 Å². The minimum absolute atomic E-state index is 0.00652. The van der Waals surface area contributed by atoms with E-state index in [1.807, 2.05) is 6.07 Å². The van der Waals surface area contributed by atoms with Gasteiger partial charge in [0.2, 0.25) is 15.0 Å². The molecule has 2 aromatic carbocycles. The molecule has 0 aliphatic heterocycles. The van der Waals surface area contributed by atoms with Crippen molar-refractivity contribution in [1.29, 1.82) is 0 Å². The topological polar surface area (TPSA) is 52.0 Å². The Morgan fingerprint density at radius 2 is 1.90 bits per heavy atom. The molecule has 0 amide bonds. The highest BCUT2D eigenvalue weighted by atomic mass is 32.2. The average Bonchev–Trinajstić information content (AvgIpc) is 2.78. The lowest BCUT2D eigenvalue weighted by Gasteiger charge is -2.08. The first kappa shape index (κ1) is 13.8. The van der Waals surface area contributed by atoms with Crippen LogP contribution in [0.4, 0.5) is 4.39 Å². The van der Waals surface area contributed by atoms with Gasteiger partial charge in [-0.1, -0.05) is 24.3 Å². The Labute approximate surface area is 121 Å². The van der Waals surface area contributed by atoms with E-state index in [-0.39, 0.29) is 17.5 Å². The summed E-state index contributed by atoms with van der Waals surface area (Å²) in [6.45, 7) is 0.251. The zero-order valence-corrected chi connectivity index (χ0v) is 12.1. The largest absolute Gasteiger partial charge is 0.310 e. The molecule has 0 N–H and O–H groups in total. The van der Waals surface area contributed by atoms with Crippen molar-refractivity contribution in [3.05, 3.63) is 59.9 Å². The summed E-state index contributed by atoms with van der Waals surface area (Å²) in [6, 6.07) is 13.3. The van der Waals surface area contributed by atoms with E-state index in [1.165, 1.54) is 12.1 Å². The summed E-state index contributed by atoms with van der Waals surface area (Å²) in [7, 11) is -3.47. The third-order valence-electron chi connectivity index (χ3n) is 3.18. The van der Waals surface area contributed by atoms with Crippen LogP contribution in [-0.2, 0) is 16.4 Å². The number of hydrogen-bond acceptors (Lipinski definition) is 3. The number of benzene rings is 2. The Morgan fingerprint density at radius 1 is 1.14 bits per heavy atom. The van der Waals surface area contributed by atoms with E-state index < -0.39 is 9.84 Å². The molecule has 1 aromatic heterocycles. The van der Waals surface area contributed by atoms with Crippen molar-refractivity contribution in [3.8, 4) is 0 Å². The summed E-state index contributed by atoms with van der Waals surface area (Å²) >= 11 is 0. The van der Waals surface area contributed by atoms with E-state index in [9.17, 15) is 12.8 Å². The van der Waals surface area contributed by atoms with Gasteiger partial charge in [0.15, 0.2) is 0 Å². The fourth-order valence-corrected chi connectivity index (χ4v) is 3.13. The molecule has 0 aliphatic carbocycles. The molecule has 0 aliphatic rings. The molecular formula is C15H13FN2O2S. The summed E-state index contributed by atoms with van der Waals surface area (Å²) in [6.07, 6.45) is 1.12. The smallest absolute Gasteiger partial charge is 0.228 e. The van der Waals surface area contributed by atoms with E-state index in [1.54, 1.807) is 34.9 Å². The van der Waals surface area contributed by atoms with Crippen LogP contribution in [0.2, 0.25) is 0 Å². The number of aromatic nitrogens is 2. The molecule has 0 saturated heterocycles. The van der Waals surface area contributed by atoms with Crippen molar-refractivity contribution in [3.63, 3.8) is 0 Å². The lowest BCUT2D eigenvalue weighted by atomic mass is 10.2. The van der Waals surface area contributed by atoms with Crippen LogP contribution < -0.4 is 0 Å². The monoisotopic (exact) mass is 304 g/mol. The van der Waals surface area contributed by atoms with Gasteiger partial charge in [-0.15, -0.1) is 0 Å². The minimum atomic E-state index is -3.47. The summed E-state index contributed by atoms with van der Waals surface area (Å²) in [5, 5.41) is -0.00652. The molecule has 4 nitrogen and oxygen atoms in total. The third-order valence-corrected chi connectivity index (χ3v) is 4.16. The zero-order chi connectivity index (χ0) is 15.0. The Bertz CT molecular complexity index is 916. The lowest BCUT2D eigenvalue weighted by Crippen LogP contribution is -2.10. The van der Waals surface area contributed by atoms with Crippen molar-refractivity contribution in [2.75, 3.05) is 6.26 Å². The minimum Gasteiger partial charge on any atom is -0.310 e. The summed E-state index contributed by atoms with van der Waals surface area (Å²) in [4.78, 5) is 4.18. The highest BCUT2D eigenvalue weighted by Crippen LogP contribution is 2.21. The molecule has 1 heterocycles. The molecule has 0 atom stereocenters. The molecule has 0 bridgehead atoms. The van der Waals surface area contributed by atoms with Crippen molar-refractivity contribution in [2.45, 2.75) is 11.7 Å². The molecule has 0 saturated carbocycles. The SMILES string of the molecule is CS(=O)(=O)c1nc2ccccc2n1Cc1cccc(F)c1. The van der Waals surface area contributed by atoms with Gasteiger partial charge in [0.25, 0.3) is 0 Å². The van der Waals surface area contributed by atoms with Crippen molar-refractivity contribution < 1.29 is 12.8 Å². The van der Waals surface area contributed by atoms with Gasteiger partial charge in [0, 0.05) is 6.26 Å². The Morgan fingerprint density at radius 3 is 2.62 bits per heavy atom. The summed E-state index contributed by atoms with van der Waals surface area (Å²) < 4.78 is 38.7. The molecular weight excluding hydrogens is 291 g/mol. The number of sulfone groups is 1. The van der Waals surface area contributed by atoms with Gasteiger partial charge in [0.05, 0.1) is 17.6 Å². The fraction of sp³-hybridized carbons (Fsp3) is 0.133. The molecule has 108 valence electrons. The maximum absolute atomic E-state index is 13.3. The Hall–Kier alpha value is -2.21.